The van der Waals surface area contributed by atoms with Crippen molar-refractivity contribution in [3.05, 3.63) is 46.6 Å². The summed E-state index contributed by atoms with van der Waals surface area (Å²) in [6, 6.07) is 8.37. The van der Waals surface area contributed by atoms with Crippen LogP contribution < -0.4 is 9.46 Å². The fraction of sp³-hybridized carbons (Fsp3) is 0.353. The van der Waals surface area contributed by atoms with Crippen LogP contribution in [-0.2, 0) is 10.0 Å². The molecule has 0 aliphatic rings. The molecule has 0 atom stereocenters. The van der Waals surface area contributed by atoms with Gasteiger partial charge in [-0.1, -0.05) is 12.1 Å². The predicted octanol–water partition coefficient (Wildman–Crippen LogP) is 3.53. The molecule has 138 valence electrons. The first kappa shape index (κ1) is 19.7. The number of nitrogens with zero attached hydrogens (tertiary/aromatic N) is 2. The molecule has 0 unspecified atom stereocenters. The summed E-state index contributed by atoms with van der Waals surface area (Å²) in [7, 11) is 0.253. The highest BCUT2D eigenvalue weighted by Gasteiger charge is 2.18. The van der Waals surface area contributed by atoms with Crippen LogP contribution in [0.3, 0.4) is 0 Å². The van der Waals surface area contributed by atoms with E-state index >= 15 is 0 Å². The molecule has 6 nitrogen and oxygen atoms in total. The maximum Gasteiger partial charge on any atom is 0.262 e. The Labute approximate surface area is 158 Å². The van der Waals surface area contributed by atoms with Gasteiger partial charge in [-0.3, -0.25) is 4.72 Å². The highest BCUT2D eigenvalue weighted by atomic mass is 79.9. The number of pyridine rings is 1. The Morgan fingerprint density at radius 1 is 1.32 bits per heavy atom. The molecule has 0 saturated carbocycles. The summed E-state index contributed by atoms with van der Waals surface area (Å²) in [5.74, 6) is 0.262. The summed E-state index contributed by atoms with van der Waals surface area (Å²) in [4.78, 5) is 6.44. The number of hydrogen-bond donors (Lipinski definition) is 1. The van der Waals surface area contributed by atoms with E-state index in [9.17, 15) is 8.42 Å². The molecule has 1 aromatic carbocycles. The lowest BCUT2D eigenvalue weighted by Gasteiger charge is -2.14. The highest BCUT2D eigenvalue weighted by Crippen LogP contribution is 2.28. The first-order valence-electron chi connectivity index (χ1n) is 7.80. The van der Waals surface area contributed by atoms with Gasteiger partial charge < -0.3 is 9.64 Å². The van der Waals surface area contributed by atoms with E-state index in [1.165, 1.54) is 0 Å². The van der Waals surface area contributed by atoms with Crippen LogP contribution in [-0.4, -0.2) is 45.5 Å². The molecule has 1 heterocycles. The minimum Gasteiger partial charge on any atom is -0.476 e. The summed E-state index contributed by atoms with van der Waals surface area (Å²) in [5, 5.41) is 0. The number of hydrogen-bond acceptors (Lipinski definition) is 5. The molecule has 8 heteroatoms. The fourth-order valence-corrected chi connectivity index (χ4v) is 3.63. The number of benzene rings is 1. The average molecular weight is 430 g/mol. The Bertz CT molecular complexity index is 832. The molecule has 0 bridgehead atoms. The summed E-state index contributed by atoms with van der Waals surface area (Å²) >= 11 is 3.31. The molecule has 0 fully saturated rings. The minimum atomic E-state index is -3.72. The molecule has 0 amide bonds. The minimum absolute atomic E-state index is 0. The quantitative estimate of drug-likeness (QED) is 0.649. The maximum atomic E-state index is 12.6. The highest BCUT2D eigenvalue weighted by molar-refractivity contribution is 9.10. The zero-order valence-electron chi connectivity index (χ0n) is 14.5. The van der Waals surface area contributed by atoms with Crippen LogP contribution in [0.2, 0.25) is 0 Å². The lowest BCUT2D eigenvalue weighted by atomic mass is 10.2. The number of aryl methyl sites for hydroxylation is 1. The van der Waals surface area contributed by atoms with Crippen molar-refractivity contribution in [3.8, 4) is 5.88 Å². The first-order chi connectivity index (χ1) is 11.8. The van der Waals surface area contributed by atoms with E-state index in [0.717, 1.165) is 18.5 Å². The van der Waals surface area contributed by atoms with E-state index < -0.39 is 10.0 Å². The number of sulfonamides is 1. The van der Waals surface area contributed by atoms with E-state index in [4.69, 9.17) is 4.74 Å². The summed E-state index contributed by atoms with van der Waals surface area (Å²) in [6.45, 7) is 3.17. The van der Waals surface area contributed by atoms with Crippen LogP contribution >= 0.6 is 15.9 Å². The van der Waals surface area contributed by atoms with Crippen molar-refractivity contribution in [2.24, 2.45) is 0 Å². The van der Waals surface area contributed by atoms with Gasteiger partial charge in [0, 0.05) is 18.6 Å². The van der Waals surface area contributed by atoms with Gasteiger partial charge in [-0.2, -0.15) is 0 Å². The Morgan fingerprint density at radius 2 is 2.08 bits per heavy atom. The molecule has 0 saturated heterocycles. The zero-order chi connectivity index (χ0) is 18.4. The second-order valence-electron chi connectivity index (χ2n) is 5.93. The number of rotatable bonds is 8. The van der Waals surface area contributed by atoms with Gasteiger partial charge in [0.1, 0.15) is 5.69 Å². The van der Waals surface area contributed by atoms with Crippen molar-refractivity contribution in [2.75, 3.05) is 32.0 Å². The van der Waals surface area contributed by atoms with Crippen LogP contribution in [0.4, 0.5) is 5.69 Å². The molecule has 1 N–H and O–H groups in total. The predicted molar refractivity (Wildman–Crippen MR) is 105 cm³/mol. The second-order valence-corrected chi connectivity index (χ2v) is 8.53. The number of anilines is 1. The van der Waals surface area contributed by atoms with Crippen LogP contribution in [0.15, 0.2) is 45.9 Å². The van der Waals surface area contributed by atoms with E-state index in [0.29, 0.717) is 16.8 Å². The molecular weight excluding hydrogens is 406 g/mol. The lowest BCUT2D eigenvalue weighted by Crippen LogP contribution is -2.17. The standard InChI is InChI=1S/C17H22BrN3O3S.H2/c1-13-6-4-7-15(10-13)25(22,23)20-16-11-14(18)12-19-17(16)24-9-5-8-21(2)3;/h4,6-7,10-12,20H,5,8-9H2,1-3H3;1H. The fourth-order valence-electron chi connectivity index (χ4n) is 2.15. The zero-order valence-corrected chi connectivity index (χ0v) is 16.9. The van der Waals surface area contributed by atoms with Crippen molar-refractivity contribution >= 4 is 31.6 Å². The summed E-state index contributed by atoms with van der Waals surface area (Å²) in [6.07, 6.45) is 2.39. The first-order valence-corrected chi connectivity index (χ1v) is 10.1. The monoisotopic (exact) mass is 429 g/mol. The van der Waals surface area contributed by atoms with Crippen molar-refractivity contribution < 1.29 is 14.6 Å². The molecule has 0 aliphatic heterocycles. The number of ether oxygens (including phenoxy) is 1. The van der Waals surface area contributed by atoms with Crippen LogP contribution in [0, 0.1) is 6.92 Å². The second kappa shape index (κ2) is 8.64. The molecule has 0 spiro atoms. The third-order valence-electron chi connectivity index (χ3n) is 3.35. The molecule has 2 aromatic rings. The Kier molecular flexibility index (Phi) is 6.80. The van der Waals surface area contributed by atoms with Crippen LogP contribution in [0.25, 0.3) is 0 Å². The van der Waals surface area contributed by atoms with Gasteiger partial charge in [0.05, 0.1) is 11.5 Å². The molecular formula is C17H24BrN3O3S. The third kappa shape index (κ3) is 5.98. The topological polar surface area (TPSA) is 71.5 Å². The number of nitrogens with one attached hydrogen (secondary N) is 1. The SMILES string of the molecule is Cc1cccc(S(=O)(=O)Nc2cc(Br)cnc2OCCCN(C)C)c1.[HH]. The van der Waals surface area contributed by atoms with Gasteiger partial charge in [-0.15, -0.1) is 0 Å². The van der Waals surface area contributed by atoms with Crippen LogP contribution in [0.5, 0.6) is 5.88 Å². The molecule has 0 radical (unpaired) electrons. The average Bonchev–Trinajstić information content (AvgIpc) is 2.52. The van der Waals surface area contributed by atoms with Gasteiger partial charge in [0.2, 0.25) is 5.88 Å². The molecule has 2 rings (SSSR count). The number of aromatic nitrogens is 1. The van der Waals surface area contributed by atoms with Crippen molar-refractivity contribution in [1.29, 1.82) is 0 Å². The van der Waals surface area contributed by atoms with Gasteiger partial charge >= 0.3 is 0 Å². The van der Waals surface area contributed by atoms with Crippen molar-refractivity contribution in [2.45, 2.75) is 18.2 Å². The van der Waals surface area contributed by atoms with Crippen molar-refractivity contribution in [3.63, 3.8) is 0 Å². The van der Waals surface area contributed by atoms with Gasteiger partial charge in [0.15, 0.2) is 0 Å². The van der Waals surface area contributed by atoms with E-state index in [2.05, 4.69) is 30.5 Å². The molecule has 1 aromatic heterocycles. The van der Waals surface area contributed by atoms with E-state index in [1.807, 2.05) is 27.1 Å². The Morgan fingerprint density at radius 3 is 2.76 bits per heavy atom. The maximum absolute atomic E-state index is 12.6. The van der Waals surface area contributed by atoms with Gasteiger partial charge in [-0.25, -0.2) is 13.4 Å². The van der Waals surface area contributed by atoms with E-state index in [1.54, 1.807) is 30.5 Å². The third-order valence-corrected chi connectivity index (χ3v) is 5.15. The normalized spacial score (nSPS) is 11.6. The largest absolute Gasteiger partial charge is 0.476 e. The molecule has 0 aliphatic carbocycles. The lowest BCUT2D eigenvalue weighted by molar-refractivity contribution is 0.274. The van der Waals surface area contributed by atoms with Crippen LogP contribution in [0.1, 0.15) is 13.4 Å². The van der Waals surface area contributed by atoms with E-state index in [-0.39, 0.29) is 12.2 Å². The van der Waals surface area contributed by atoms with Gasteiger partial charge in [0.25, 0.3) is 10.0 Å². The Balaban J connectivity index is 0.00000338. The summed E-state index contributed by atoms with van der Waals surface area (Å²) < 4.78 is 34.1. The Hall–Kier alpha value is -1.64. The number of halogens is 1. The smallest absolute Gasteiger partial charge is 0.262 e. The molecule has 25 heavy (non-hydrogen) atoms. The summed E-state index contributed by atoms with van der Waals surface area (Å²) in [5.41, 5.74) is 1.18. The van der Waals surface area contributed by atoms with Gasteiger partial charge in [-0.05, 0) is 67.1 Å². The van der Waals surface area contributed by atoms with Crippen molar-refractivity contribution in [1.82, 2.24) is 9.88 Å².